The molecule has 0 aliphatic heterocycles. The van der Waals surface area contributed by atoms with Crippen LogP contribution >= 0.6 is 11.8 Å². The average Bonchev–Trinajstić information content (AvgIpc) is 3.34. The molecular formula is C25H25N5O2S. The van der Waals surface area contributed by atoms with E-state index >= 15 is 0 Å². The average molecular weight is 460 g/mol. The zero-order valence-electron chi connectivity index (χ0n) is 19.0. The summed E-state index contributed by atoms with van der Waals surface area (Å²) in [5.41, 5.74) is 4.42. The van der Waals surface area contributed by atoms with Crippen molar-refractivity contribution in [2.45, 2.75) is 44.6 Å². The first-order chi connectivity index (χ1) is 15.9. The minimum atomic E-state index is -0.429. The van der Waals surface area contributed by atoms with Crippen molar-refractivity contribution in [1.29, 1.82) is 0 Å². The Morgan fingerprint density at radius 3 is 2.48 bits per heavy atom. The van der Waals surface area contributed by atoms with E-state index in [1.54, 1.807) is 12.4 Å². The van der Waals surface area contributed by atoms with Crippen molar-refractivity contribution < 1.29 is 9.59 Å². The van der Waals surface area contributed by atoms with Crippen LogP contribution in [0.4, 0.5) is 0 Å². The van der Waals surface area contributed by atoms with E-state index in [-0.39, 0.29) is 11.6 Å². The van der Waals surface area contributed by atoms with Crippen LogP contribution < -0.4 is 0 Å². The van der Waals surface area contributed by atoms with Crippen molar-refractivity contribution in [2.24, 2.45) is 0 Å². The highest BCUT2D eigenvalue weighted by atomic mass is 32.2. The number of pyridine rings is 1. The molecule has 0 bridgehead atoms. The summed E-state index contributed by atoms with van der Waals surface area (Å²) in [4.78, 5) is 32.6. The number of benzene rings is 1. The predicted molar refractivity (Wildman–Crippen MR) is 129 cm³/mol. The molecule has 1 N–H and O–H groups in total. The van der Waals surface area contributed by atoms with Crippen molar-refractivity contribution in [3.63, 3.8) is 0 Å². The molecule has 8 heteroatoms. The highest BCUT2D eigenvalue weighted by Crippen LogP contribution is 2.30. The minimum absolute atomic E-state index is 0.0516. The molecule has 0 aliphatic rings. The van der Waals surface area contributed by atoms with Gasteiger partial charge in [-0.25, -0.2) is 0 Å². The van der Waals surface area contributed by atoms with Crippen LogP contribution in [0.5, 0.6) is 0 Å². The molecule has 0 saturated heterocycles. The number of aryl methyl sites for hydroxylation is 1. The number of ketones is 2. The van der Waals surface area contributed by atoms with Crippen LogP contribution in [0, 0.1) is 13.8 Å². The summed E-state index contributed by atoms with van der Waals surface area (Å²) in [5, 5.41) is 9.04. The number of thioether (sulfide) groups is 1. The lowest BCUT2D eigenvalue weighted by Gasteiger charge is -2.13. The minimum Gasteiger partial charge on any atom is -0.355 e. The summed E-state index contributed by atoms with van der Waals surface area (Å²) in [6.07, 6.45) is 3.47. The van der Waals surface area contributed by atoms with E-state index < -0.39 is 5.25 Å². The standard InChI is InChI=1S/C25H25N5O2S/c1-15-21(17(3)31)16(2)27-22(15)23(32)18(4)33-25-29-28-24(20-11-8-12-26-13-20)30(25)14-19-9-6-5-7-10-19/h5-13,18,27H,14H2,1-4H3/t18-/m1/s1. The van der Waals surface area contributed by atoms with Gasteiger partial charge in [0.1, 0.15) is 0 Å². The quantitative estimate of drug-likeness (QED) is 0.298. The van der Waals surface area contributed by atoms with Gasteiger partial charge in [-0.3, -0.25) is 19.1 Å². The molecule has 1 atom stereocenters. The lowest BCUT2D eigenvalue weighted by Crippen LogP contribution is -2.16. The summed E-state index contributed by atoms with van der Waals surface area (Å²) in [5.74, 6) is 0.564. The van der Waals surface area contributed by atoms with Gasteiger partial charge in [-0.05, 0) is 51.0 Å². The first-order valence-corrected chi connectivity index (χ1v) is 11.5. The van der Waals surface area contributed by atoms with E-state index in [2.05, 4.69) is 20.2 Å². The second kappa shape index (κ2) is 9.54. The van der Waals surface area contributed by atoms with Crippen LogP contribution in [0.3, 0.4) is 0 Å². The molecule has 7 nitrogen and oxygen atoms in total. The van der Waals surface area contributed by atoms with Gasteiger partial charge < -0.3 is 4.98 Å². The number of hydrogen-bond acceptors (Lipinski definition) is 6. The van der Waals surface area contributed by atoms with E-state index in [9.17, 15) is 9.59 Å². The second-order valence-corrected chi connectivity index (χ2v) is 9.23. The van der Waals surface area contributed by atoms with Gasteiger partial charge in [-0.2, -0.15) is 0 Å². The van der Waals surface area contributed by atoms with Crippen LogP contribution in [0.15, 0.2) is 60.0 Å². The molecule has 3 aromatic heterocycles. The van der Waals surface area contributed by atoms with Gasteiger partial charge in [-0.15, -0.1) is 10.2 Å². The van der Waals surface area contributed by atoms with Crippen LogP contribution in [0.2, 0.25) is 0 Å². The fourth-order valence-electron chi connectivity index (χ4n) is 3.93. The van der Waals surface area contributed by atoms with Gasteiger partial charge in [0.05, 0.1) is 17.5 Å². The zero-order valence-corrected chi connectivity index (χ0v) is 19.8. The predicted octanol–water partition coefficient (Wildman–Crippen LogP) is 4.90. The molecule has 0 saturated carbocycles. The van der Waals surface area contributed by atoms with Crippen LogP contribution in [0.1, 0.15) is 51.5 Å². The Hall–Kier alpha value is -3.52. The van der Waals surface area contributed by atoms with Crippen molar-refractivity contribution >= 4 is 23.3 Å². The Morgan fingerprint density at radius 2 is 1.85 bits per heavy atom. The summed E-state index contributed by atoms with van der Waals surface area (Å²) in [6.45, 7) is 7.55. The fourth-order valence-corrected chi connectivity index (χ4v) is 4.84. The van der Waals surface area contributed by atoms with Crippen molar-refractivity contribution in [3.05, 3.63) is 82.9 Å². The third-order valence-electron chi connectivity index (χ3n) is 5.51. The maximum atomic E-state index is 13.3. The Bertz CT molecular complexity index is 1300. The number of aromatic nitrogens is 5. The topological polar surface area (TPSA) is 93.5 Å². The normalized spacial score (nSPS) is 12.0. The summed E-state index contributed by atoms with van der Waals surface area (Å²) in [7, 11) is 0. The molecule has 0 amide bonds. The van der Waals surface area contributed by atoms with E-state index in [1.165, 1.54) is 18.7 Å². The van der Waals surface area contributed by atoms with Gasteiger partial charge in [0.25, 0.3) is 0 Å². The molecule has 4 aromatic rings. The highest BCUT2D eigenvalue weighted by molar-refractivity contribution is 8.00. The highest BCUT2D eigenvalue weighted by Gasteiger charge is 2.26. The first kappa shape index (κ1) is 22.7. The van der Waals surface area contributed by atoms with Crippen molar-refractivity contribution in [3.8, 4) is 11.4 Å². The van der Waals surface area contributed by atoms with E-state index in [4.69, 9.17) is 0 Å². The molecule has 3 heterocycles. The Labute approximate surface area is 196 Å². The van der Waals surface area contributed by atoms with Crippen molar-refractivity contribution in [2.75, 3.05) is 0 Å². The number of carbonyl (C=O) groups is 2. The molecule has 0 fully saturated rings. The Morgan fingerprint density at radius 1 is 1.09 bits per heavy atom. The van der Waals surface area contributed by atoms with E-state index in [0.29, 0.717) is 40.0 Å². The van der Waals surface area contributed by atoms with E-state index in [0.717, 1.165) is 11.1 Å². The van der Waals surface area contributed by atoms with Crippen LogP contribution in [0.25, 0.3) is 11.4 Å². The number of hydrogen-bond donors (Lipinski definition) is 1. The van der Waals surface area contributed by atoms with E-state index in [1.807, 2.05) is 67.8 Å². The molecule has 0 aliphatic carbocycles. The number of nitrogens with zero attached hydrogens (tertiary/aromatic N) is 4. The molecule has 0 spiro atoms. The second-order valence-electron chi connectivity index (χ2n) is 7.93. The number of H-pyrrole nitrogens is 1. The fraction of sp³-hybridized carbons (Fsp3) is 0.240. The molecule has 4 rings (SSSR count). The Balaban J connectivity index is 1.66. The lowest BCUT2D eigenvalue weighted by molar-refractivity contribution is 0.0988. The van der Waals surface area contributed by atoms with Gasteiger partial charge in [0.15, 0.2) is 22.5 Å². The van der Waals surface area contributed by atoms with Gasteiger partial charge in [0, 0.05) is 29.2 Å². The zero-order chi connectivity index (χ0) is 23.5. The van der Waals surface area contributed by atoms with Crippen molar-refractivity contribution in [1.82, 2.24) is 24.7 Å². The SMILES string of the molecule is CC(=O)c1c(C)[nH]c(C(=O)[C@@H](C)Sc2nnc(-c3cccnc3)n2Cc2ccccc2)c1C. The first-order valence-electron chi connectivity index (χ1n) is 10.6. The molecule has 0 unspecified atom stereocenters. The molecule has 0 radical (unpaired) electrons. The number of rotatable bonds is 8. The number of aromatic amines is 1. The Kier molecular flexibility index (Phi) is 6.55. The van der Waals surface area contributed by atoms with Gasteiger partial charge >= 0.3 is 0 Å². The maximum absolute atomic E-state index is 13.3. The lowest BCUT2D eigenvalue weighted by atomic mass is 10.0. The number of Topliss-reactive ketones (excluding diaryl/α,β-unsaturated/α-hetero) is 2. The number of carbonyl (C=O) groups excluding carboxylic acids is 2. The monoisotopic (exact) mass is 459 g/mol. The molecular weight excluding hydrogens is 434 g/mol. The molecule has 168 valence electrons. The summed E-state index contributed by atoms with van der Waals surface area (Å²) in [6, 6.07) is 13.9. The molecule has 1 aromatic carbocycles. The van der Waals surface area contributed by atoms with Crippen LogP contribution in [-0.2, 0) is 6.54 Å². The summed E-state index contributed by atoms with van der Waals surface area (Å²) < 4.78 is 2.01. The smallest absolute Gasteiger partial charge is 0.192 e. The maximum Gasteiger partial charge on any atom is 0.192 e. The summed E-state index contributed by atoms with van der Waals surface area (Å²) >= 11 is 1.35. The largest absolute Gasteiger partial charge is 0.355 e. The van der Waals surface area contributed by atoms with Gasteiger partial charge in [-0.1, -0.05) is 42.1 Å². The third-order valence-corrected chi connectivity index (χ3v) is 6.59. The van der Waals surface area contributed by atoms with Gasteiger partial charge in [0.2, 0.25) is 0 Å². The third kappa shape index (κ3) is 4.66. The molecule has 33 heavy (non-hydrogen) atoms. The number of nitrogens with one attached hydrogen (secondary N) is 1. The van der Waals surface area contributed by atoms with Crippen LogP contribution in [-0.4, -0.2) is 41.5 Å².